The number of Topliss-reactive ketones (excluding diaryl/α,β-unsaturated/α-hetero) is 1. The molecular formula is C39H67NO10. The number of carbonyl (C=O) groups excluding carboxylic acids is 3. The Labute approximate surface area is 300 Å². The van der Waals surface area contributed by atoms with E-state index < -0.39 is 70.9 Å². The second-order valence-electron chi connectivity index (χ2n) is 16.7. The molecule has 1 N–H and O–H groups in total. The van der Waals surface area contributed by atoms with Crippen molar-refractivity contribution in [3.8, 4) is 0 Å². The Morgan fingerprint density at radius 2 is 1.50 bits per heavy atom. The van der Waals surface area contributed by atoms with Crippen LogP contribution >= 0.6 is 0 Å². The molecule has 0 aromatic carbocycles. The molecule has 50 heavy (non-hydrogen) atoms. The summed E-state index contributed by atoms with van der Waals surface area (Å²) in [6, 6.07) is 0. The standard InChI is InChI=1S/C39H67NO10/c1-13-30-39(10)32(28(36(44)50-39)14-15-40-16-18-47-19-17-40)25(5)33(41)22(2)20-37(8,45-11)26(6)23(3)31(24(4)35(43)49-30)29-21-38(9,46-12)34(42)27(7)48-29/h22-32,34,42H,13-21H2,1-12H3/t22-,23-,24-,25-,26-,27+,28?,29-,30-,31?,32+,34+,37-,38-,39-/m1/s1. The number of rotatable bonds is 7. The van der Waals surface area contributed by atoms with E-state index in [2.05, 4.69) is 18.7 Å². The lowest BCUT2D eigenvalue weighted by molar-refractivity contribution is -0.236. The smallest absolute Gasteiger partial charge is 0.310 e. The number of hydrogen-bond acceptors (Lipinski definition) is 11. The number of ketones is 1. The molecule has 4 heterocycles. The second-order valence-corrected chi connectivity index (χ2v) is 16.7. The van der Waals surface area contributed by atoms with Gasteiger partial charge in [0.25, 0.3) is 0 Å². The van der Waals surface area contributed by atoms with Crippen LogP contribution in [0.3, 0.4) is 0 Å². The molecule has 15 atom stereocenters. The van der Waals surface area contributed by atoms with Crippen molar-refractivity contribution in [1.29, 1.82) is 0 Å². The van der Waals surface area contributed by atoms with Crippen molar-refractivity contribution in [1.82, 2.24) is 4.90 Å². The Morgan fingerprint density at radius 1 is 0.880 bits per heavy atom. The van der Waals surface area contributed by atoms with E-state index in [0.29, 0.717) is 45.4 Å². The van der Waals surface area contributed by atoms with Crippen LogP contribution in [0.5, 0.6) is 0 Å². The van der Waals surface area contributed by atoms with E-state index in [0.717, 1.165) is 13.1 Å². The molecule has 4 fully saturated rings. The topological polar surface area (TPSA) is 130 Å². The van der Waals surface area contributed by atoms with Crippen LogP contribution in [0.25, 0.3) is 0 Å². The van der Waals surface area contributed by atoms with Crippen molar-refractivity contribution in [2.75, 3.05) is 47.1 Å². The molecule has 4 saturated heterocycles. The second kappa shape index (κ2) is 16.2. The predicted molar refractivity (Wildman–Crippen MR) is 188 cm³/mol. The Hall–Kier alpha value is -1.63. The number of fused-ring (bicyclic) bond motifs is 1. The van der Waals surface area contributed by atoms with Crippen LogP contribution in [0.15, 0.2) is 0 Å². The lowest BCUT2D eigenvalue weighted by atomic mass is 9.63. The Bertz CT molecular complexity index is 1190. The maximum atomic E-state index is 14.5. The van der Waals surface area contributed by atoms with E-state index in [4.69, 9.17) is 28.4 Å². The summed E-state index contributed by atoms with van der Waals surface area (Å²) < 4.78 is 37.0. The number of morpholine rings is 1. The van der Waals surface area contributed by atoms with E-state index in [1.54, 1.807) is 14.2 Å². The number of cyclic esters (lactones) is 1. The predicted octanol–water partition coefficient (Wildman–Crippen LogP) is 4.70. The molecular weight excluding hydrogens is 642 g/mol. The lowest BCUT2D eigenvalue weighted by Gasteiger charge is -2.51. The van der Waals surface area contributed by atoms with Gasteiger partial charge in [-0.2, -0.15) is 0 Å². The van der Waals surface area contributed by atoms with Crippen molar-refractivity contribution in [3.63, 3.8) is 0 Å². The average molecular weight is 710 g/mol. The van der Waals surface area contributed by atoms with Gasteiger partial charge in [-0.3, -0.25) is 19.3 Å². The van der Waals surface area contributed by atoms with Crippen LogP contribution in [0.4, 0.5) is 0 Å². The highest BCUT2D eigenvalue weighted by molar-refractivity contribution is 5.85. The maximum absolute atomic E-state index is 14.5. The molecule has 4 rings (SSSR count). The molecule has 288 valence electrons. The summed E-state index contributed by atoms with van der Waals surface area (Å²) in [6.45, 7) is 23.2. The van der Waals surface area contributed by atoms with Crippen LogP contribution in [0, 0.1) is 47.3 Å². The van der Waals surface area contributed by atoms with E-state index in [1.165, 1.54) is 0 Å². The molecule has 0 bridgehead atoms. The summed E-state index contributed by atoms with van der Waals surface area (Å²) in [5.74, 6) is -3.81. The minimum atomic E-state index is -1.21. The highest BCUT2D eigenvalue weighted by Gasteiger charge is 2.61. The number of methoxy groups -OCH3 is 2. The van der Waals surface area contributed by atoms with Crippen LogP contribution < -0.4 is 0 Å². The first-order chi connectivity index (χ1) is 23.4. The Kier molecular flexibility index (Phi) is 13.3. The quantitative estimate of drug-likeness (QED) is 0.370. The molecule has 0 aromatic rings. The highest BCUT2D eigenvalue weighted by atomic mass is 16.6. The highest BCUT2D eigenvalue weighted by Crippen LogP contribution is 2.50. The average Bonchev–Trinajstić information content (AvgIpc) is 3.36. The molecule has 4 aliphatic heterocycles. The van der Waals surface area contributed by atoms with Gasteiger partial charge in [-0.25, -0.2) is 0 Å². The molecule has 0 radical (unpaired) electrons. The number of aliphatic hydroxyl groups is 1. The summed E-state index contributed by atoms with van der Waals surface area (Å²) in [6.07, 6.45) is -0.774. The zero-order valence-corrected chi connectivity index (χ0v) is 32.9. The number of carbonyl (C=O) groups is 3. The number of ether oxygens (including phenoxy) is 6. The van der Waals surface area contributed by atoms with E-state index in [1.807, 2.05) is 55.4 Å². The molecule has 0 aliphatic carbocycles. The van der Waals surface area contributed by atoms with Gasteiger partial charge in [0.2, 0.25) is 0 Å². The van der Waals surface area contributed by atoms with Gasteiger partial charge in [0.1, 0.15) is 18.0 Å². The van der Waals surface area contributed by atoms with Gasteiger partial charge in [0.15, 0.2) is 5.60 Å². The lowest BCUT2D eigenvalue weighted by Crippen LogP contribution is -2.59. The van der Waals surface area contributed by atoms with E-state index in [-0.39, 0.29) is 35.4 Å². The van der Waals surface area contributed by atoms with Gasteiger partial charge in [-0.1, -0.05) is 41.5 Å². The molecule has 11 heteroatoms. The fourth-order valence-corrected chi connectivity index (χ4v) is 10.1. The van der Waals surface area contributed by atoms with Crippen molar-refractivity contribution in [2.24, 2.45) is 47.3 Å². The SMILES string of the molecule is CC[C@H]1OC(=O)[C@H](C)C([C@H]2C[C@@](C)(OC)[C@@H](O)[C@H](C)O2)[C@H](C)[C@@H](C)[C@](C)(OC)C[C@@H](C)C(=O)[C@H](C)[C@H]2C(CCN3CCOCC3)C(=O)O[C@@]21C. The van der Waals surface area contributed by atoms with E-state index in [9.17, 15) is 19.5 Å². The van der Waals surface area contributed by atoms with Crippen LogP contribution in [-0.4, -0.2) is 116 Å². The molecule has 0 aromatic heterocycles. The van der Waals surface area contributed by atoms with Gasteiger partial charge < -0.3 is 33.5 Å². The summed E-state index contributed by atoms with van der Waals surface area (Å²) in [5, 5.41) is 11.0. The molecule has 0 saturated carbocycles. The number of hydrogen-bond donors (Lipinski definition) is 1. The molecule has 0 spiro atoms. The van der Waals surface area contributed by atoms with Gasteiger partial charge in [0.05, 0.1) is 48.5 Å². The summed E-state index contributed by atoms with van der Waals surface area (Å²) >= 11 is 0. The molecule has 0 amide bonds. The summed E-state index contributed by atoms with van der Waals surface area (Å²) in [4.78, 5) is 45.2. The first-order valence-corrected chi connectivity index (χ1v) is 19.1. The first kappa shape index (κ1) is 41.1. The van der Waals surface area contributed by atoms with Crippen LogP contribution in [0.2, 0.25) is 0 Å². The number of aliphatic hydroxyl groups excluding tert-OH is 1. The van der Waals surface area contributed by atoms with Crippen molar-refractivity contribution in [2.45, 2.75) is 136 Å². The van der Waals surface area contributed by atoms with Crippen molar-refractivity contribution >= 4 is 17.7 Å². The fraction of sp³-hybridized carbons (Fsp3) is 0.923. The third-order valence-corrected chi connectivity index (χ3v) is 13.8. The maximum Gasteiger partial charge on any atom is 0.310 e. The van der Waals surface area contributed by atoms with Gasteiger partial charge in [0, 0.05) is 57.4 Å². The van der Waals surface area contributed by atoms with Crippen LogP contribution in [0.1, 0.15) is 94.9 Å². The van der Waals surface area contributed by atoms with Gasteiger partial charge in [-0.05, 0) is 65.3 Å². The van der Waals surface area contributed by atoms with Crippen LogP contribution in [-0.2, 0) is 42.8 Å². The zero-order valence-electron chi connectivity index (χ0n) is 32.9. The zero-order chi connectivity index (χ0) is 37.3. The van der Waals surface area contributed by atoms with Gasteiger partial charge >= 0.3 is 11.9 Å². The largest absolute Gasteiger partial charge is 0.458 e. The molecule has 11 nitrogen and oxygen atoms in total. The summed E-state index contributed by atoms with van der Waals surface area (Å²) in [7, 11) is 3.28. The minimum absolute atomic E-state index is 0.0523. The Morgan fingerprint density at radius 3 is 2.08 bits per heavy atom. The van der Waals surface area contributed by atoms with E-state index >= 15 is 0 Å². The Balaban J connectivity index is 1.79. The monoisotopic (exact) mass is 709 g/mol. The minimum Gasteiger partial charge on any atom is -0.458 e. The van der Waals surface area contributed by atoms with Crippen molar-refractivity contribution < 1.29 is 47.9 Å². The molecule has 2 unspecified atom stereocenters. The molecule has 4 aliphatic rings. The number of nitrogens with zero attached hydrogens (tertiary/aromatic N) is 1. The number of esters is 2. The third kappa shape index (κ3) is 7.84. The summed E-state index contributed by atoms with van der Waals surface area (Å²) in [5.41, 5.74) is -2.81. The normalized spacial score (nSPS) is 47.3. The first-order valence-electron chi connectivity index (χ1n) is 19.1. The fourth-order valence-electron chi connectivity index (χ4n) is 10.1. The third-order valence-electron chi connectivity index (χ3n) is 13.8. The van der Waals surface area contributed by atoms with Crippen molar-refractivity contribution in [3.05, 3.63) is 0 Å². The van der Waals surface area contributed by atoms with Gasteiger partial charge in [-0.15, -0.1) is 0 Å².